The van der Waals surface area contributed by atoms with E-state index >= 15 is 0 Å². The van der Waals surface area contributed by atoms with Crippen LogP contribution < -0.4 is 10.6 Å². The molecule has 0 aliphatic carbocycles. The van der Waals surface area contributed by atoms with Crippen LogP contribution in [-0.2, 0) is 0 Å². The average molecular weight is 377 g/mol. The van der Waals surface area contributed by atoms with Crippen molar-refractivity contribution in [3.05, 3.63) is 41.0 Å². The number of hydrogen-bond acceptors (Lipinski definition) is 3. The number of pyridine rings is 1. The highest BCUT2D eigenvalue weighted by Gasteiger charge is 2.23. The van der Waals surface area contributed by atoms with Gasteiger partial charge in [0.25, 0.3) is 5.91 Å². The highest BCUT2D eigenvalue weighted by atomic mass is 35.5. The Bertz CT molecular complexity index is 681. The second kappa shape index (κ2) is 8.69. The number of halogens is 3. The van der Waals surface area contributed by atoms with E-state index in [1.54, 1.807) is 12.1 Å². The molecule has 1 aliphatic heterocycles. The number of aromatic nitrogens is 1. The van der Waals surface area contributed by atoms with E-state index in [0.717, 1.165) is 30.4 Å². The molecule has 1 aromatic heterocycles. The van der Waals surface area contributed by atoms with Crippen LogP contribution in [0.5, 0.6) is 0 Å². The molecule has 0 spiro atoms. The molecule has 2 N–H and O–H groups in total. The van der Waals surface area contributed by atoms with E-state index in [4.69, 9.17) is 11.6 Å². The van der Waals surface area contributed by atoms with Gasteiger partial charge < -0.3 is 10.6 Å². The summed E-state index contributed by atoms with van der Waals surface area (Å²) in [6, 6.07) is 9.37. The molecule has 1 aliphatic rings. The van der Waals surface area contributed by atoms with Gasteiger partial charge in [-0.15, -0.1) is 24.8 Å². The maximum atomic E-state index is 12.4. The molecule has 4 nitrogen and oxygen atoms in total. The molecule has 0 radical (unpaired) electrons. The van der Waals surface area contributed by atoms with Crippen LogP contribution in [0.25, 0.3) is 10.9 Å². The highest BCUT2D eigenvalue weighted by Crippen LogP contribution is 2.18. The van der Waals surface area contributed by atoms with Crippen LogP contribution >= 0.6 is 36.4 Å². The molecule has 3 rings (SSSR count). The zero-order chi connectivity index (χ0) is 14.8. The van der Waals surface area contributed by atoms with Crippen molar-refractivity contribution in [2.45, 2.75) is 19.4 Å². The molecule has 1 fully saturated rings. The number of amides is 1. The molecule has 1 amide bonds. The fourth-order valence-corrected chi connectivity index (χ4v) is 2.85. The third-order valence-corrected chi connectivity index (χ3v) is 4.22. The third kappa shape index (κ3) is 4.70. The summed E-state index contributed by atoms with van der Waals surface area (Å²) in [5.74, 6) is 0.313. The number of carbonyl (C=O) groups is 1. The van der Waals surface area contributed by atoms with Crippen LogP contribution in [0, 0.1) is 5.92 Å². The molecule has 2 heterocycles. The molecule has 1 aromatic carbocycles. The van der Waals surface area contributed by atoms with Gasteiger partial charge in [0.2, 0.25) is 0 Å². The van der Waals surface area contributed by atoms with Gasteiger partial charge in [0.05, 0.1) is 5.52 Å². The van der Waals surface area contributed by atoms with Gasteiger partial charge in [0, 0.05) is 16.5 Å². The quantitative estimate of drug-likeness (QED) is 0.844. The summed E-state index contributed by atoms with van der Waals surface area (Å²) >= 11 is 5.98. The van der Waals surface area contributed by atoms with E-state index in [0.29, 0.717) is 16.6 Å². The van der Waals surface area contributed by atoms with Gasteiger partial charge >= 0.3 is 0 Å². The van der Waals surface area contributed by atoms with Gasteiger partial charge in [-0.1, -0.05) is 30.7 Å². The minimum Gasteiger partial charge on any atom is -0.348 e. The van der Waals surface area contributed by atoms with Crippen molar-refractivity contribution in [2.24, 2.45) is 5.92 Å². The van der Waals surface area contributed by atoms with Gasteiger partial charge in [-0.05, 0) is 43.6 Å². The third-order valence-electron chi connectivity index (χ3n) is 3.99. The molecule has 0 bridgehead atoms. The highest BCUT2D eigenvalue weighted by molar-refractivity contribution is 6.31. The molecule has 7 heteroatoms. The summed E-state index contributed by atoms with van der Waals surface area (Å²) < 4.78 is 0. The summed E-state index contributed by atoms with van der Waals surface area (Å²) in [7, 11) is 0. The minimum atomic E-state index is -0.115. The topological polar surface area (TPSA) is 54.0 Å². The summed E-state index contributed by atoms with van der Waals surface area (Å²) in [6.45, 7) is 4.02. The van der Waals surface area contributed by atoms with E-state index < -0.39 is 0 Å². The Morgan fingerprint density at radius 3 is 2.78 bits per heavy atom. The van der Waals surface area contributed by atoms with Crippen molar-refractivity contribution >= 4 is 53.2 Å². The lowest BCUT2D eigenvalue weighted by molar-refractivity contribution is 0.0909. The molecule has 2 atom stereocenters. The molecular weight excluding hydrogens is 357 g/mol. The normalized spacial score (nSPS) is 20.3. The van der Waals surface area contributed by atoms with Crippen LogP contribution in [-0.4, -0.2) is 30.0 Å². The predicted octanol–water partition coefficient (Wildman–Crippen LogP) is 3.46. The summed E-state index contributed by atoms with van der Waals surface area (Å²) in [5.41, 5.74) is 1.18. The fourth-order valence-electron chi connectivity index (χ4n) is 2.69. The number of benzene rings is 1. The number of rotatable bonds is 2. The molecular formula is C16H20Cl3N3O. The van der Waals surface area contributed by atoms with Crippen LogP contribution in [0.4, 0.5) is 0 Å². The van der Waals surface area contributed by atoms with Gasteiger partial charge in [-0.25, -0.2) is 4.98 Å². The lowest BCUT2D eigenvalue weighted by Crippen LogP contribution is -2.48. The molecule has 2 aromatic rings. The number of hydrogen-bond donors (Lipinski definition) is 2. The number of fused-ring (bicyclic) bond motifs is 1. The van der Waals surface area contributed by atoms with Crippen molar-refractivity contribution in [3.8, 4) is 0 Å². The summed E-state index contributed by atoms with van der Waals surface area (Å²) in [6.07, 6.45) is 0.951. The predicted molar refractivity (Wildman–Crippen MR) is 99.2 cm³/mol. The maximum absolute atomic E-state index is 12.4. The van der Waals surface area contributed by atoms with E-state index in [1.165, 1.54) is 0 Å². The first kappa shape index (κ1) is 20.0. The first-order chi connectivity index (χ1) is 10.1. The minimum absolute atomic E-state index is 0. The fraction of sp³-hybridized carbons (Fsp3) is 0.375. The Kier molecular flexibility index (Phi) is 7.55. The molecule has 0 saturated carbocycles. The van der Waals surface area contributed by atoms with E-state index in [1.807, 2.05) is 18.2 Å². The summed E-state index contributed by atoms with van der Waals surface area (Å²) in [5, 5.41) is 8.02. The second-order valence-electron chi connectivity index (χ2n) is 5.58. The van der Waals surface area contributed by atoms with Crippen LogP contribution in [0.3, 0.4) is 0 Å². The first-order valence-electron chi connectivity index (χ1n) is 7.21. The SMILES string of the molecule is CC1CNCCC1NC(=O)c1ccc2ccc(Cl)cc2n1.Cl.Cl. The lowest BCUT2D eigenvalue weighted by atomic mass is 9.95. The van der Waals surface area contributed by atoms with E-state index in [-0.39, 0.29) is 36.8 Å². The maximum Gasteiger partial charge on any atom is 0.270 e. The largest absolute Gasteiger partial charge is 0.348 e. The first-order valence-corrected chi connectivity index (χ1v) is 7.59. The molecule has 126 valence electrons. The Hall–Kier alpha value is -1.07. The standard InChI is InChI=1S/C16H18ClN3O.2ClH/c1-10-9-18-7-6-13(10)20-16(21)14-5-3-11-2-4-12(17)8-15(11)19-14;;/h2-5,8,10,13,18H,6-7,9H2,1H3,(H,20,21);2*1H. The smallest absolute Gasteiger partial charge is 0.270 e. The molecule has 23 heavy (non-hydrogen) atoms. The number of nitrogens with zero attached hydrogens (tertiary/aromatic N) is 1. The number of nitrogens with one attached hydrogen (secondary N) is 2. The van der Waals surface area contributed by atoms with Crippen LogP contribution in [0.15, 0.2) is 30.3 Å². The van der Waals surface area contributed by atoms with Crippen LogP contribution in [0.2, 0.25) is 5.02 Å². The molecule has 1 saturated heterocycles. The Labute approximate surface area is 153 Å². The van der Waals surface area contributed by atoms with Gasteiger partial charge in [0.1, 0.15) is 5.69 Å². The number of carbonyl (C=O) groups excluding carboxylic acids is 1. The van der Waals surface area contributed by atoms with Gasteiger partial charge in [-0.3, -0.25) is 4.79 Å². The van der Waals surface area contributed by atoms with Crippen molar-refractivity contribution in [2.75, 3.05) is 13.1 Å². The zero-order valence-electron chi connectivity index (χ0n) is 12.7. The second-order valence-corrected chi connectivity index (χ2v) is 6.02. The lowest BCUT2D eigenvalue weighted by Gasteiger charge is -2.30. The van der Waals surface area contributed by atoms with Gasteiger partial charge in [0.15, 0.2) is 0 Å². The Balaban J connectivity index is 0.00000132. The van der Waals surface area contributed by atoms with E-state index in [9.17, 15) is 4.79 Å². The molecule has 2 unspecified atom stereocenters. The van der Waals surface area contributed by atoms with Gasteiger partial charge in [-0.2, -0.15) is 0 Å². The van der Waals surface area contributed by atoms with Crippen molar-refractivity contribution in [3.63, 3.8) is 0 Å². The average Bonchev–Trinajstić information content (AvgIpc) is 2.48. The Morgan fingerprint density at radius 2 is 2.04 bits per heavy atom. The zero-order valence-corrected chi connectivity index (χ0v) is 15.1. The van der Waals surface area contributed by atoms with Crippen LogP contribution in [0.1, 0.15) is 23.8 Å². The Morgan fingerprint density at radius 1 is 1.30 bits per heavy atom. The van der Waals surface area contributed by atoms with Crippen molar-refractivity contribution in [1.82, 2.24) is 15.6 Å². The number of piperidine rings is 1. The monoisotopic (exact) mass is 375 g/mol. The van der Waals surface area contributed by atoms with Crippen molar-refractivity contribution < 1.29 is 4.79 Å². The van der Waals surface area contributed by atoms with Crippen molar-refractivity contribution in [1.29, 1.82) is 0 Å². The summed E-state index contributed by atoms with van der Waals surface area (Å²) in [4.78, 5) is 16.8. The van der Waals surface area contributed by atoms with E-state index in [2.05, 4.69) is 22.5 Å².